The predicted octanol–water partition coefficient (Wildman–Crippen LogP) is 3.64. The topological polar surface area (TPSA) is 162 Å². The van der Waals surface area contributed by atoms with Crippen LogP contribution in [0.25, 0.3) is 0 Å². The van der Waals surface area contributed by atoms with Gasteiger partial charge in [0.2, 0.25) is 0 Å². The molecule has 3 aromatic carbocycles. The van der Waals surface area contributed by atoms with E-state index in [4.69, 9.17) is 20.6 Å². The molecule has 1 atom stereocenters. The molecule has 0 aliphatic heterocycles. The first kappa shape index (κ1) is 27.5. The molecule has 0 spiro atoms. The molecule has 196 valence electrons. The van der Waals surface area contributed by atoms with Crippen LogP contribution in [-0.2, 0) is 4.79 Å². The molecule has 6 N–H and O–H groups in total. The maximum absolute atomic E-state index is 13.4. The van der Waals surface area contributed by atoms with Crippen LogP contribution in [-0.4, -0.2) is 30.4 Å². The summed E-state index contributed by atoms with van der Waals surface area (Å²) in [5.74, 6) is -0.262. The Kier molecular flexibility index (Phi) is 9.26. The minimum Gasteiger partial charge on any atom is -0.490 e. The van der Waals surface area contributed by atoms with E-state index >= 15 is 0 Å². The molecular formula is C28H30N6O4. The molecule has 0 fully saturated rings. The van der Waals surface area contributed by atoms with Crippen molar-refractivity contribution in [3.63, 3.8) is 0 Å². The standard InChI is InChI=1S/C28H30N6O4/c1-4-37-24-15-19(11-14-23(24)38-17(2)3)25(32-21-12-9-18(10-13-21)26(30)31)28(36)34-33-27(35)22-8-6-5-7-20(22)16-29/h5-15,17,25,32H,4H2,1-3H3,(H3,30,31)(H,33,35)(H,34,36). The highest BCUT2D eigenvalue weighted by atomic mass is 16.5. The monoisotopic (exact) mass is 514 g/mol. The smallest absolute Gasteiger partial charge is 0.271 e. The van der Waals surface area contributed by atoms with Crippen LogP contribution in [0.15, 0.2) is 66.7 Å². The maximum atomic E-state index is 13.4. The first-order valence-corrected chi connectivity index (χ1v) is 12.0. The molecule has 0 aliphatic rings. The van der Waals surface area contributed by atoms with Crippen molar-refractivity contribution in [2.24, 2.45) is 5.73 Å². The summed E-state index contributed by atoms with van der Waals surface area (Å²) >= 11 is 0. The number of hydrogen-bond donors (Lipinski definition) is 5. The third-order valence-corrected chi connectivity index (χ3v) is 5.32. The summed E-state index contributed by atoms with van der Waals surface area (Å²) in [6, 6.07) is 19.1. The molecule has 38 heavy (non-hydrogen) atoms. The van der Waals surface area contributed by atoms with E-state index in [2.05, 4.69) is 16.2 Å². The van der Waals surface area contributed by atoms with E-state index in [0.29, 0.717) is 34.9 Å². The molecule has 0 radical (unpaired) electrons. The van der Waals surface area contributed by atoms with Gasteiger partial charge >= 0.3 is 0 Å². The summed E-state index contributed by atoms with van der Waals surface area (Å²) in [6.45, 7) is 6.04. The van der Waals surface area contributed by atoms with Crippen LogP contribution in [0.1, 0.15) is 53.9 Å². The van der Waals surface area contributed by atoms with E-state index in [0.717, 1.165) is 0 Å². The van der Waals surface area contributed by atoms with Gasteiger partial charge in [-0.2, -0.15) is 5.26 Å². The second-order valence-corrected chi connectivity index (χ2v) is 8.47. The number of nitrogens with zero attached hydrogens (tertiary/aromatic N) is 1. The number of amidine groups is 1. The molecule has 10 nitrogen and oxygen atoms in total. The predicted molar refractivity (Wildman–Crippen MR) is 144 cm³/mol. The number of nitrogen functional groups attached to an aromatic ring is 1. The number of nitrogens with one attached hydrogen (secondary N) is 4. The van der Waals surface area contributed by atoms with Gasteiger partial charge in [0.25, 0.3) is 11.8 Å². The number of nitriles is 1. The second kappa shape index (κ2) is 12.8. The van der Waals surface area contributed by atoms with Gasteiger partial charge in [-0.1, -0.05) is 18.2 Å². The fourth-order valence-corrected chi connectivity index (χ4v) is 3.57. The van der Waals surface area contributed by atoms with Crippen molar-refractivity contribution in [2.75, 3.05) is 11.9 Å². The molecule has 0 saturated heterocycles. The zero-order valence-corrected chi connectivity index (χ0v) is 21.4. The summed E-state index contributed by atoms with van der Waals surface area (Å²) in [6.07, 6.45) is -0.0800. The fraction of sp³-hybridized carbons (Fsp3) is 0.214. The molecule has 1 unspecified atom stereocenters. The lowest BCUT2D eigenvalue weighted by molar-refractivity contribution is -0.122. The van der Waals surface area contributed by atoms with Crippen LogP contribution in [0.4, 0.5) is 5.69 Å². The Morgan fingerprint density at radius 1 is 1.03 bits per heavy atom. The highest BCUT2D eigenvalue weighted by Crippen LogP contribution is 2.33. The minimum absolute atomic E-state index is 0.0756. The van der Waals surface area contributed by atoms with Crippen molar-refractivity contribution >= 4 is 23.3 Å². The number of benzene rings is 3. The Morgan fingerprint density at radius 3 is 2.37 bits per heavy atom. The van der Waals surface area contributed by atoms with Gasteiger partial charge in [-0.05, 0) is 74.9 Å². The van der Waals surface area contributed by atoms with E-state index in [1.807, 2.05) is 26.8 Å². The van der Waals surface area contributed by atoms with Crippen LogP contribution in [0, 0.1) is 16.7 Å². The number of anilines is 1. The molecule has 0 bridgehead atoms. The SMILES string of the molecule is CCOc1cc(C(Nc2ccc(C(=N)N)cc2)C(=O)NNC(=O)c2ccccc2C#N)ccc1OC(C)C. The van der Waals surface area contributed by atoms with Crippen LogP contribution in [0.2, 0.25) is 0 Å². The van der Waals surface area contributed by atoms with Gasteiger partial charge in [-0.3, -0.25) is 25.8 Å². The number of rotatable bonds is 10. The largest absolute Gasteiger partial charge is 0.490 e. The Labute approximate surface area is 221 Å². The number of hydrazine groups is 1. The molecule has 0 aliphatic carbocycles. The minimum atomic E-state index is -0.961. The van der Waals surface area contributed by atoms with Gasteiger partial charge in [0.1, 0.15) is 11.9 Å². The normalized spacial score (nSPS) is 11.1. The molecule has 0 aromatic heterocycles. The molecule has 2 amide bonds. The van der Waals surface area contributed by atoms with Crippen LogP contribution in [0.5, 0.6) is 11.5 Å². The van der Waals surface area contributed by atoms with Crippen LogP contribution >= 0.6 is 0 Å². The zero-order chi connectivity index (χ0) is 27.7. The number of nitrogens with two attached hydrogens (primary N) is 1. The van der Waals surface area contributed by atoms with Gasteiger partial charge in [-0.25, -0.2) is 0 Å². The van der Waals surface area contributed by atoms with E-state index in [-0.39, 0.29) is 23.1 Å². The van der Waals surface area contributed by atoms with E-state index in [1.54, 1.807) is 54.6 Å². The lowest BCUT2D eigenvalue weighted by Crippen LogP contribution is -2.45. The molecule has 10 heteroatoms. The fourth-order valence-electron chi connectivity index (χ4n) is 3.57. The van der Waals surface area contributed by atoms with Crippen molar-refractivity contribution < 1.29 is 19.1 Å². The zero-order valence-electron chi connectivity index (χ0n) is 21.4. The van der Waals surface area contributed by atoms with Crippen molar-refractivity contribution in [1.82, 2.24) is 10.9 Å². The number of carbonyl (C=O) groups is 2. The third-order valence-electron chi connectivity index (χ3n) is 5.32. The summed E-state index contributed by atoms with van der Waals surface area (Å²) < 4.78 is 11.6. The quantitative estimate of drug-likeness (QED) is 0.157. The summed E-state index contributed by atoms with van der Waals surface area (Å²) in [4.78, 5) is 26.0. The second-order valence-electron chi connectivity index (χ2n) is 8.47. The van der Waals surface area contributed by atoms with Gasteiger partial charge in [0.15, 0.2) is 11.5 Å². The molecule has 3 aromatic rings. The number of hydrogen-bond acceptors (Lipinski definition) is 7. The highest BCUT2D eigenvalue weighted by molar-refractivity contribution is 5.98. The Bertz CT molecular complexity index is 1350. The van der Waals surface area contributed by atoms with Gasteiger partial charge in [0, 0.05) is 11.3 Å². The number of amides is 2. The highest BCUT2D eigenvalue weighted by Gasteiger charge is 2.24. The average molecular weight is 515 g/mol. The summed E-state index contributed by atoms with van der Waals surface area (Å²) in [5, 5.41) is 20.0. The average Bonchev–Trinajstić information content (AvgIpc) is 2.91. The van der Waals surface area contributed by atoms with Crippen molar-refractivity contribution in [3.05, 3.63) is 89.0 Å². The van der Waals surface area contributed by atoms with Crippen molar-refractivity contribution in [2.45, 2.75) is 32.9 Å². The van der Waals surface area contributed by atoms with Crippen molar-refractivity contribution in [1.29, 1.82) is 10.7 Å². The van der Waals surface area contributed by atoms with Gasteiger partial charge in [0.05, 0.1) is 29.9 Å². The molecule has 0 heterocycles. The van der Waals surface area contributed by atoms with Gasteiger partial charge in [-0.15, -0.1) is 0 Å². The van der Waals surface area contributed by atoms with Crippen molar-refractivity contribution in [3.8, 4) is 17.6 Å². The van der Waals surface area contributed by atoms with Gasteiger partial charge < -0.3 is 20.5 Å². The Morgan fingerprint density at radius 2 is 1.74 bits per heavy atom. The number of carbonyl (C=O) groups excluding carboxylic acids is 2. The molecule has 0 saturated carbocycles. The van der Waals surface area contributed by atoms with Crippen LogP contribution < -0.4 is 31.4 Å². The number of ether oxygens (including phenoxy) is 2. The van der Waals surface area contributed by atoms with E-state index < -0.39 is 17.9 Å². The Balaban J connectivity index is 1.90. The first-order chi connectivity index (χ1) is 18.2. The molecule has 3 rings (SSSR count). The summed E-state index contributed by atoms with van der Waals surface area (Å²) in [7, 11) is 0. The Hall–Kier alpha value is -5.04. The maximum Gasteiger partial charge on any atom is 0.271 e. The van der Waals surface area contributed by atoms with E-state index in [9.17, 15) is 14.9 Å². The lowest BCUT2D eigenvalue weighted by Gasteiger charge is -2.22. The lowest BCUT2D eigenvalue weighted by atomic mass is 10.0. The van der Waals surface area contributed by atoms with Crippen LogP contribution in [0.3, 0.4) is 0 Å². The molecular weight excluding hydrogens is 484 g/mol. The summed E-state index contributed by atoms with van der Waals surface area (Å²) in [5.41, 5.74) is 12.3. The third kappa shape index (κ3) is 7.01. The first-order valence-electron chi connectivity index (χ1n) is 12.0. The van der Waals surface area contributed by atoms with E-state index in [1.165, 1.54) is 12.1 Å².